The number of methoxy groups -OCH3 is 1. The normalized spacial score (nSPS) is 32.4. The zero-order valence-corrected chi connectivity index (χ0v) is 7.11. The van der Waals surface area contributed by atoms with Crippen molar-refractivity contribution >= 4 is 0 Å². The highest BCUT2D eigenvalue weighted by Gasteiger charge is 2.39. The van der Waals surface area contributed by atoms with Crippen LogP contribution >= 0.6 is 0 Å². The van der Waals surface area contributed by atoms with Gasteiger partial charge in [-0.05, 0) is 18.9 Å². The molecule has 1 atom stereocenters. The third-order valence-electron chi connectivity index (χ3n) is 2.56. The molecule has 0 aliphatic carbocycles. The van der Waals surface area contributed by atoms with E-state index in [9.17, 15) is 0 Å². The van der Waals surface area contributed by atoms with Gasteiger partial charge in [0, 0.05) is 12.6 Å². The minimum absolute atomic E-state index is 0.300. The smallest absolute Gasteiger partial charge is 0.0647 e. The first kappa shape index (κ1) is 8.02. The lowest BCUT2D eigenvalue weighted by Gasteiger charge is -2.46. The molecule has 0 spiro atoms. The molecule has 1 aliphatic rings. The maximum Gasteiger partial charge on any atom is 0.0647 e. The molecule has 1 saturated heterocycles. The Hall–Kier alpha value is -0.0800. The van der Waals surface area contributed by atoms with Gasteiger partial charge in [0.1, 0.15) is 0 Å². The summed E-state index contributed by atoms with van der Waals surface area (Å²) < 4.78 is 5.15. The second-order valence-electron chi connectivity index (χ2n) is 3.42. The van der Waals surface area contributed by atoms with E-state index in [-0.39, 0.29) is 0 Å². The summed E-state index contributed by atoms with van der Waals surface area (Å²) in [4.78, 5) is 0. The summed E-state index contributed by atoms with van der Waals surface area (Å²) in [5.41, 5.74) is 0.300. The van der Waals surface area contributed by atoms with Gasteiger partial charge in [0.2, 0.25) is 0 Å². The molecule has 0 bridgehead atoms. The van der Waals surface area contributed by atoms with Crippen molar-refractivity contribution in [3.8, 4) is 0 Å². The number of rotatable bonds is 3. The fourth-order valence-electron chi connectivity index (χ4n) is 1.49. The van der Waals surface area contributed by atoms with Gasteiger partial charge in [-0.2, -0.15) is 0 Å². The number of hydrogen-bond acceptors (Lipinski definition) is 2. The first-order chi connectivity index (χ1) is 4.71. The van der Waals surface area contributed by atoms with E-state index < -0.39 is 0 Å². The maximum absolute atomic E-state index is 5.15. The summed E-state index contributed by atoms with van der Waals surface area (Å²) in [5.74, 6) is 0.682. The van der Waals surface area contributed by atoms with Gasteiger partial charge >= 0.3 is 0 Å². The van der Waals surface area contributed by atoms with Crippen LogP contribution in [-0.2, 0) is 4.74 Å². The summed E-state index contributed by atoms with van der Waals surface area (Å²) in [6.45, 7) is 6.49. The fourth-order valence-corrected chi connectivity index (χ4v) is 1.49. The SMILES string of the molecule is COCC1(C(C)C)CCN1. The molecule has 1 aliphatic heterocycles. The Morgan fingerprint density at radius 3 is 2.30 bits per heavy atom. The molecule has 0 aromatic heterocycles. The highest BCUT2D eigenvalue weighted by atomic mass is 16.5. The molecule has 60 valence electrons. The predicted molar refractivity (Wildman–Crippen MR) is 42.1 cm³/mol. The molecule has 1 unspecified atom stereocenters. The lowest BCUT2D eigenvalue weighted by atomic mass is 9.78. The zero-order valence-electron chi connectivity index (χ0n) is 7.11. The van der Waals surface area contributed by atoms with E-state index in [2.05, 4.69) is 19.2 Å². The first-order valence-electron chi connectivity index (χ1n) is 3.95. The molecule has 2 nitrogen and oxygen atoms in total. The Bertz CT molecular complexity index is 108. The van der Waals surface area contributed by atoms with Gasteiger partial charge in [-0.15, -0.1) is 0 Å². The molecule has 0 saturated carbocycles. The van der Waals surface area contributed by atoms with Crippen LogP contribution in [-0.4, -0.2) is 25.8 Å². The van der Waals surface area contributed by atoms with Crippen LogP contribution in [0.4, 0.5) is 0 Å². The minimum Gasteiger partial charge on any atom is -0.383 e. The lowest BCUT2D eigenvalue weighted by molar-refractivity contribution is 0.0322. The van der Waals surface area contributed by atoms with Crippen molar-refractivity contribution < 1.29 is 4.74 Å². The summed E-state index contributed by atoms with van der Waals surface area (Å²) >= 11 is 0. The largest absolute Gasteiger partial charge is 0.383 e. The van der Waals surface area contributed by atoms with E-state index in [1.807, 2.05) is 0 Å². The van der Waals surface area contributed by atoms with Crippen LogP contribution in [0, 0.1) is 5.92 Å². The van der Waals surface area contributed by atoms with Crippen LogP contribution in [0.2, 0.25) is 0 Å². The lowest BCUT2D eigenvalue weighted by Crippen LogP contribution is -2.63. The molecule has 2 heteroatoms. The second-order valence-corrected chi connectivity index (χ2v) is 3.42. The Balaban J connectivity index is 2.42. The van der Waals surface area contributed by atoms with E-state index in [1.165, 1.54) is 6.42 Å². The van der Waals surface area contributed by atoms with Crippen LogP contribution < -0.4 is 5.32 Å². The molecular weight excluding hydrogens is 126 g/mol. The first-order valence-corrected chi connectivity index (χ1v) is 3.95. The summed E-state index contributed by atoms with van der Waals surface area (Å²) in [6.07, 6.45) is 1.26. The molecule has 0 aromatic carbocycles. The van der Waals surface area contributed by atoms with E-state index in [1.54, 1.807) is 7.11 Å². The third kappa shape index (κ3) is 1.18. The molecular formula is C8H17NO. The average Bonchev–Trinajstić information content (AvgIpc) is 1.77. The number of hydrogen-bond donors (Lipinski definition) is 1. The van der Waals surface area contributed by atoms with Gasteiger partial charge in [-0.25, -0.2) is 0 Å². The average molecular weight is 143 g/mol. The van der Waals surface area contributed by atoms with E-state index >= 15 is 0 Å². The van der Waals surface area contributed by atoms with Gasteiger partial charge in [0.25, 0.3) is 0 Å². The van der Waals surface area contributed by atoms with E-state index in [0.29, 0.717) is 11.5 Å². The van der Waals surface area contributed by atoms with E-state index in [4.69, 9.17) is 4.74 Å². The Labute approximate surface area is 63.0 Å². The van der Waals surface area contributed by atoms with Crippen molar-refractivity contribution in [1.29, 1.82) is 0 Å². The van der Waals surface area contributed by atoms with Gasteiger partial charge in [0.05, 0.1) is 6.61 Å². The van der Waals surface area contributed by atoms with Crippen LogP contribution in [0.1, 0.15) is 20.3 Å². The molecule has 1 fully saturated rings. The third-order valence-corrected chi connectivity index (χ3v) is 2.56. The topological polar surface area (TPSA) is 21.3 Å². The van der Waals surface area contributed by atoms with Crippen molar-refractivity contribution in [1.82, 2.24) is 5.32 Å². The Morgan fingerprint density at radius 1 is 1.60 bits per heavy atom. The minimum atomic E-state index is 0.300. The quantitative estimate of drug-likeness (QED) is 0.637. The maximum atomic E-state index is 5.15. The van der Waals surface area contributed by atoms with Crippen molar-refractivity contribution in [2.24, 2.45) is 5.92 Å². The van der Waals surface area contributed by atoms with Gasteiger partial charge in [-0.1, -0.05) is 13.8 Å². The molecule has 0 radical (unpaired) electrons. The molecule has 10 heavy (non-hydrogen) atoms. The van der Waals surface area contributed by atoms with Crippen LogP contribution in [0.25, 0.3) is 0 Å². The Kier molecular flexibility index (Phi) is 2.32. The van der Waals surface area contributed by atoms with E-state index in [0.717, 1.165) is 13.2 Å². The predicted octanol–water partition coefficient (Wildman–Crippen LogP) is 1.02. The van der Waals surface area contributed by atoms with Crippen molar-refractivity contribution in [3.63, 3.8) is 0 Å². The van der Waals surface area contributed by atoms with Crippen molar-refractivity contribution in [2.75, 3.05) is 20.3 Å². The van der Waals surface area contributed by atoms with Gasteiger partial charge in [-0.3, -0.25) is 0 Å². The zero-order chi connectivity index (χ0) is 7.61. The Morgan fingerprint density at radius 2 is 2.20 bits per heavy atom. The fraction of sp³-hybridized carbons (Fsp3) is 1.00. The van der Waals surface area contributed by atoms with Crippen LogP contribution in [0.3, 0.4) is 0 Å². The molecule has 0 aromatic rings. The highest BCUT2D eigenvalue weighted by molar-refractivity contribution is 4.98. The van der Waals surface area contributed by atoms with Crippen LogP contribution in [0.15, 0.2) is 0 Å². The summed E-state index contributed by atoms with van der Waals surface area (Å²) in [5, 5.41) is 3.43. The molecule has 1 N–H and O–H groups in total. The monoisotopic (exact) mass is 143 g/mol. The molecule has 1 heterocycles. The number of ether oxygens (including phenoxy) is 1. The van der Waals surface area contributed by atoms with Gasteiger partial charge < -0.3 is 10.1 Å². The number of nitrogens with one attached hydrogen (secondary N) is 1. The van der Waals surface area contributed by atoms with Crippen LogP contribution in [0.5, 0.6) is 0 Å². The highest BCUT2D eigenvalue weighted by Crippen LogP contribution is 2.27. The van der Waals surface area contributed by atoms with Crippen molar-refractivity contribution in [3.05, 3.63) is 0 Å². The van der Waals surface area contributed by atoms with Crippen molar-refractivity contribution in [2.45, 2.75) is 25.8 Å². The molecule has 1 rings (SSSR count). The van der Waals surface area contributed by atoms with Gasteiger partial charge in [0.15, 0.2) is 0 Å². The summed E-state index contributed by atoms with van der Waals surface area (Å²) in [7, 11) is 1.77. The summed E-state index contributed by atoms with van der Waals surface area (Å²) in [6, 6.07) is 0. The second kappa shape index (κ2) is 2.89. The standard InChI is InChI=1S/C8H17NO/c1-7(2)8(6-10-3)4-5-9-8/h7,9H,4-6H2,1-3H3. The molecule has 0 amide bonds.